The number of esters is 2. The van der Waals surface area contributed by atoms with Crippen LogP contribution >= 0.6 is 0 Å². The fraction of sp³-hybridized carbons (Fsp3) is 0.500. The lowest BCUT2D eigenvalue weighted by molar-refractivity contribution is -0.180. The van der Waals surface area contributed by atoms with Gasteiger partial charge in [-0.1, -0.05) is 6.08 Å². The van der Waals surface area contributed by atoms with Crippen LogP contribution in [0.3, 0.4) is 0 Å². The molecule has 1 aliphatic heterocycles. The number of carbonyl (C=O) groups excluding carboxylic acids is 2. The number of hydrogen-bond acceptors (Lipinski definition) is 3. The van der Waals surface area contributed by atoms with Crippen LogP contribution in [0.5, 0.6) is 0 Å². The summed E-state index contributed by atoms with van der Waals surface area (Å²) in [6, 6.07) is 0. The molecular weight excluding hydrogens is 201 g/mol. The molecule has 14 heavy (non-hydrogen) atoms. The molecule has 1 heterocycles. The van der Waals surface area contributed by atoms with E-state index < -0.39 is 36.4 Å². The number of ether oxygens (including phenoxy) is 1. The molecule has 2 atom stereocenters. The van der Waals surface area contributed by atoms with Crippen LogP contribution in [0.1, 0.15) is 6.42 Å². The summed E-state index contributed by atoms with van der Waals surface area (Å²) in [7, 11) is 0. The van der Waals surface area contributed by atoms with E-state index in [0.29, 0.717) is 6.08 Å². The zero-order chi connectivity index (χ0) is 10.9. The van der Waals surface area contributed by atoms with Crippen LogP contribution in [0.4, 0.5) is 13.2 Å². The Morgan fingerprint density at radius 3 is 2.36 bits per heavy atom. The molecule has 0 saturated carbocycles. The van der Waals surface area contributed by atoms with Crippen molar-refractivity contribution in [1.82, 2.24) is 0 Å². The lowest BCUT2D eigenvalue weighted by Crippen LogP contribution is -2.31. The van der Waals surface area contributed by atoms with Crippen LogP contribution < -0.4 is 0 Å². The Bertz CT molecular complexity index is 282. The van der Waals surface area contributed by atoms with Crippen LogP contribution in [0, 0.1) is 11.8 Å². The smallest absolute Gasteiger partial charge is 0.393 e. The molecule has 0 bridgehead atoms. The van der Waals surface area contributed by atoms with Gasteiger partial charge in [0.05, 0.1) is 18.3 Å². The van der Waals surface area contributed by atoms with Crippen molar-refractivity contribution < 1.29 is 27.5 Å². The fourth-order valence-electron chi connectivity index (χ4n) is 1.29. The van der Waals surface area contributed by atoms with Gasteiger partial charge in [-0.3, -0.25) is 9.59 Å². The number of hydrogen-bond donors (Lipinski definition) is 0. The molecule has 78 valence electrons. The zero-order valence-electron chi connectivity index (χ0n) is 7.00. The molecule has 2 unspecified atom stereocenters. The Hall–Kier alpha value is -1.33. The van der Waals surface area contributed by atoms with E-state index in [1.54, 1.807) is 0 Å². The predicted octanol–water partition coefficient (Wildman–Crippen LogP) is 1.44. The third kappa shape index (κ3) is 1.94. The van der Waals surface area contributed by atoms with Gasteiger partial charge in [-0.25, -0.2) is 0 Å². The first-order valence-electron chi connectivity index (χ1n) is 3.80. The quantitative estimate of drug-likeness (QED) is 0.391. The third-order valence-electron chi connectivity index (χ3n) is 1.97. The van der Waals surface area contributed by atoms with Crippen molar-refractivity contribution in [1.29, 1.82) is 0 Å². The average molecular weight is 208 g/mol. The van der Waals surface area contributed by atoms with Crippen LogP contribution in [-0.4, -0.2) is 18.1 Å². The number of allylic oxidation sites excluding steroid dienone is 1. The highest BCUT2D eigenvalue weighted by atomic mass is 19.4. The summed E-state index contributed by atoms with van der Waals surface area (Å²) in [6.07, 6.45) is -4.49. The Morgan fingerprint density at radius 2 is 2.07 bits per heavy atom. The first kappa shape index (κ1) is 10.7. The maximum atomic E-state index is 12.3. The monoisotopic (exact) mass is 208 g/mol. The minimum Gasteiger partial charge on any atom is -0.393 e. The summed E-state index contributed by atoms with van der Waals surface area (Å²) in [5, 5.41) is 0. The highest BCUT2D eigenvalue weighted by Crippen LogP contribution is 2.37. The number of rotatable bonds is 2. The third-order valence-corrected chi connectivity index (χ3v) is 1.97. The van der Waals surface area contributed by atoms with Gasteiger partial charge in [0, 0.05) is 0 Å². The molecule has 0 radical (unpaired) electrons. The summed E-state index contributed by atoms with van der Waals surface area (Å²) in [5.41, 5.74) is 0. The van der Waals surface area contributed by atoms with Gasteiger partial charge in [0.2, 0.25) is 0 Å². The molecule has 6 heteroatoms. The number of carbonyl (C=O) groups is 2. The van der Waals surface area contributed by atoms with E-state index in [1.807, 2.05) is 0 Å². The van der Waals surface area contributed by atoms with Crippen LogP contribution in [0.25, 0.3) is 0 Å². The first-order chi connectivity index (χ1) is 6.36. The Kier molecular flexibility index (Phi) is 2.64. The second-order valence-electron chi connectivity index (χ2n) is 2.91. The molecule has 0 spiro atoms. The Labute approximate surface area is 77.5 Å². The van der Waals surface area contributed by atoms with Crippen molar-refractivity contribution in [2.24, 2.45) is 11.8 Å². The van der Waals surface area contributed by atoms with Gasteiger partial charge in [0.15, 0.2) is 0 Å². The molecule has 1 fully saturated rings. The molecule has 1 saturated heterocycles. The van der Waals surface area contributed by atoms with Crippen molar-refractivity contribution in [2.75, 3.05) is 0 Å². The van der Waals surface area contributed by atoms with Crippen molar-refractivity contribution in [2.45, 2.75) is 12.6 Å². The first-order valence-corrected chi connectivity index (χ1v) is 3.80. The molecular formula is C8H7F3O3. The van der Waals surface area contributed by atoms with Gasteiger partial charge in [0.1, 0.15) is 0 Å². The summed E-state index contributed by atoms with van der Waals surface area (Å²) in [6.45, 7) is 2.99. The molecule has 0 N–H and O–H groups in total. The summed E-state index contributed by atoms with van der Waals surface area (Å²) in [5.74, 6) is -5.53. The van der Waals surface area contributed by atoms with Gasteiger partial charge in [-0.2, -0.15) is 13.2 Å². The SMILES string of the molecule is C=CC(C1CC(=O)OC1=O)C(F)(F)F. The molecule has 3 nitrogen and oxygen atoms in total. The fourth-order valence-corrected chi connectivity index (χ4v) is 1.29. The van der Waals surface area contributed by atoms with Crippen molar-refractivity contribution in [3.8, 4) is 0 Å². The predicted molar refractivity (Wildman–Crippen MR) is 38.9 cm³/mol. The van der Waals surface area contributed by atoms with E-state index in [1.165, 1.54) is 0 Å². The minimum atomic E-state index is -4.57. The van der Waals surface area contributed by atoms with E-state index in [4.69, 9.17) is 0 Å². The Morgan fingerprint density at radius 1 is 1.50 bits per heavy atom. The van der Waals surface area contributed by atoms with Gasteiger partial charge in [-0.05, 0) is 0 Å². The molecule has 0 aromatic carbocycles. The van der Waals surface area contributed by atoms with E-state index in [2.05, 4.69) is 11.3 Å². The topological polar surface area (TPSA) is 43.4 Å². The van der Waals surface area contributed by atoms with Gasteiger partial charge < -0.3 is 4.74 Å². The molecule has 0 aromatic rings. The van der Waals surface area contributed by atoms with Gasteiger partial charge in [-0.15, -0.1) is 6.58 Å². The standard InChI is InChI=1S/C8H7F3O3/c1-2-5(8(9,10)11)4-3-6(12)14-7(4)13/h2,4-5H,1,3H2. The largest absolute Gasteiger partial charge is 0.395 e. The van der Waals surface area contributed by atoms with Crippen LogP contribution in [0.15, 0.2) is 12.7 Å². The molecule has 0 aliphatic carbocycles. The lowest BCUT2D eigenvalue weighted by atomic mass is 9.90. The summed E-state index contributed by atoms with van der Waals surface area (Å²) >= 11 is 0. The number of alkyl halides is 3. The summed E-state index contributed by atoms with van der Waals surface area (Å²) in [4.78, 5) is 21.4. The minimum absolute atomic E-state index is 0.533. The van der Waals surface area contributed by atoms with Crippen LogP contribution in [-0.2, 0) is 14.3 Å². The highest BCUT2D eigenvalue weighted by molar-refractivity contribution is 5.94. The van der Waals surface area contributed by atoms with Crippen molar-refractivity contribution in [3.63, 3.8) is 0 Å². The maximum absolute atomic E-state index is 12.3. The number of cyclic esters (lactones) is 2. The molecule has 1 rings (SSSR count). The van der Waals surface area contributed by atoms with Crippen molar-refractivity contribution >= 4 is 11.9 Å². The van der Waals surface area contributed by atoms with E-state index in [0.717, 1.165) is 0 Å². The summed E-state index contributed by atoms with van der Waals surface area (Å²) < 4.78 is 40.9. The maximum Gasteiger partial charge on any atom is 0.395 e. The molecule has 1 aliphatic rings. The molecule has 0 amide bonds. The zero-order valence-corrected chi connectivity index (χ0v) is 7.00. The normalized spacial score (nSPS) is 24.6. The second-order valence-corrected chi connectivity index (χ2v) is 2.91. The van der Waals surface area contributed by atoms with E-state index in [9.17, 15) is 22.8 Å². The number of halogens is 3. The Balaban J connectivity index is 2.86. The lowest BCUT2D eigenvalue weighted by Gasteiger charge is -2.18. The van der Waals surface area contributed by atoms with E-state index in [-0.39, 0.29) is 0 Å². The van der Waals surface area contributed by atoms with Crippen molar-refractivity contribution in [3.05, 3.63) is 12.7 Å². The van der Waals surface area contributed by atoms with Gasteiger partial charge in [0.25, 0.3) is 0 Å². The second kappa shape index (κ2) is 3.43. The van der Waals surface area contributed by atoms with Gasteiger partial charge >= 0.3 is 18.1 Å². The average Bonchev–Trinajstić information content (AvgIpc) is 2.29. The molecule has 0 aromatic heterocycles. The highest BCUT2D eigenvalue weighted by Gasteiger charge is 2.50. The van der Waals surface area contributed by atoms with E-state index >= 15 is 0 Å². The van der Waals surface area contributed by atoms with Crippen LogP contribution in [0.2, 0.25) is 0 Å².